The Labute approximate surface area is 186 Å². The normalized spacial score (nSPS) is 15.8. The average Bonchev–Trinajstić information content (AvgIpc) is 2.78. The predicted molar refractivity (Wildman–Crippen MR) is 134 cm³/mol. The molecule has 0 nitrogen and oxygen atoms in total. The van der Waals surface area contributed by atoms with Gasteiger partial charge in [0.25, 0.3) is 0 Å². The van der Waals surface area contributed by atoms with Crippen molar-refractivity contribution < 1.29 is 0 Å². The van der Waals surface area contributed by atoms with Gasteiger partial charge >= 0.3 is 0 Å². The maximum atomic E-state index is 2.41. The van der Waals surface area contributed by atoms with Crippen molar-refractivity contribution in [2.75, 3.05) is 0 Å². The van der Waals surface area contributed by atoms with Crippen molar-refractivity contribution in [2.45, 2.75) is 45.4 Å². The lowest BCUT2D eigenvalue weighted by molar-refractivity contribution is 0.304. The first-order valence-electron chi connectivity index (χ1n) is 11.2. The van der Waals surface area contributed by atoms with Gasteiger partial charge in [-0.1, -0.05) is 124 Å². The fourth-order valence-corrected chi connectivity index (χ4v) is 5.25. The van der Waals surface area contributed by atoms with Gasteiger partial charge in [0.2, 0.25) is 0 Å². The third kappa shape index (κ3) is 2.89. The Morgan fingerprint density at radius 3 is 1.35 bits per heavy atom. The minimum Gasteiger partial charge on any atom is -0.0619 e. The third-order valence-electron chi connectivity index (χ3n) is 7.74. The van der Waals surface area contributed by atoms with Crippen molar-refractivity contribution >= 4 is 0 Å². The summed E-state index contributed by atoms with van der Waals surface area (Å²) in [4.78, 5) is 0. The number of rotatable bonds is 0. The Bertz CT molecular complexity index is 1290. The summed E-state index contributed by atoms with van der Waals surface area (Å²) in [5, 5.41) is 0. The topological polar surface area (TPSA) is 0 Å². The van der Waals surface area contributed by atoms with E-state index in [2.05, 4.69) is 126 Å². The van der Waals surface area contributed by atoms with Crippen molar-refractivity contribution in [1.82, 2.24) is 0 Å². The Hall–Kier alpha value is -3.12. The number of benzene rings is 4. The average molecular weight is 403 g/mol. The smallest absolute Gasteiger partial charge is 0.000558 e. The lowest BCUT2D eigenvalue weighted by Crippen LogP contribution is -2.41. The van der Waals surface area contributed by atoms with E-state index >= 15 is 0 Å². The third-order valence-corrected chi connectivity index (χ3v) is 7.74. The highest BCUT2D eigenvalue weighted by molar-refractivity contribution is 5.94. The van der Waals surface area contributed by atoms with Gasteiger partial charge in [-0.25, -0.2) is 0 Å². The van der Waals surface area contributed by atoms with E-state index in [1.165, 1.54) is 50.1 Å². The molecule has 31 heavy (non-hydrogen) atoms. The van der Waals surface area contributed by atoms with Crippen LogP contribution in [0, 0.1) is 6.92 Å². The van der Waals surface area contributed by atoms with Gasteiger partial charge in [-0.2, -0.15) is 0 Å². The van der Waals surface area contributed by atoms with E-state index in [-0.39, 0.29) is 10.8 Å². The van der Waals surface area contributed by atoms with Crippen LogP contribution < -0.4 is 0 Å². The van der Waals surface area contributed by atoms with Crippen molar-refractivity contribution in [3.05, 3.63) is 108 Å². The maximum Gasteiger partial charge on any atom is -0.000558 e. The molecule has 0 N–H and O–H groups in total. The molecule has 0 amide bonds. The van der Waals surface area contributed by atoms with Crippen LogP contribution in [-0.4, -0.2) is 0 Å². The van der Waals surface area contributed by atoms with Crippen LogP contribution in [0.4, 0.5) is 0 Å². The summed E-state index contributed by atoms with van der Waals surface area (Å²) in [6.07, 6.45) is 0. The summed E-state index contributed by atoms with van der Waals surface area (Å²) < 4.78 is 0. The SMILES string of the molecule is Cc1ccc2c(c1)C(C)(C)C(C)(C)c1ccccc1-c1ccccc1-c1ccccc1-2. The molecule has 0 saturated heterocycles. The fourth-order valence-electron chi connectivity index (χ4n) is 5.25. The van der Waals surface area contributed by atoms with Gasteiger partial charge in [-0.3, -0.25) is 0 Å². The summed E-state index contributed by atoms with van der Waals surface area (Å²) in [6, 6.07) is 33.8. The van der Waals surface area contributed by atoms with Gasteiger partial charge in [0.15, 0.2) is 0 Å². The summed E-state index contributed by atoms with van der Waals surface area (Å²) in [7, 11) is 0. The quantitative estimate of drug-likeness (QED) is 0.276. The Balaban J connectivity index is 2.01. The zero-order chi connectivity index (χ0) is 21.8. The number of hydrogen-bond acceptors (Lipinski definition) is 0. The zero-order valence-corrected chi connectivity index (χ0v) is 19.2. The molecule has 0 aliphatic heterocycles. The van der Waals surface area contributed by atoms with Crippen molar-refractivity contribution in [1.29, 1.82) is 0 Å². The van der Waals surface area contributed by atoms with Gasteiger partial charge in [0, 0.05) is 0 Å². The Kier molecular flexibility index (Phi) is 4.45. The molecule has 0 fully saturated rings. The van der Waals surface area contributed by atoms with Crippen LogP contribution in [0.25, 0.3) is 33.4 Å². The fraction of sp³-hybridized carbons (Fsp3) is 0.226. The number of fused-ring (bicyclic) bond motifs is 7. The second-order valence-corrected chi connectivity index (χ2v) is 9.94. The van der Waals surface area contributed by atoms with E-state index in [0.717, 1.165) is 0 Å². The van der Waals surface area contributed by atoms with Gasteiger partial charge in [-0.05, 0) is 62.3 Å². The molecule has 0 spiro atoms. The van der Waals surface area contributed by atoms with Crippen LogP contribution in [0.1, 0.15) is 44.4 Å². The second-order valence-electron chi connectivity index (χ2n) is 9.94. The Morgan fingerprint density at radius 1 is 0.419 bits per heavy atom. The summed E-state index contributed by atoms with van der Waals surface area (Å²) >= 11 is 0. The lowest BCUT2D eigenvalue weighted by atomic mass is 9.58. The minimum atomic E-state index is -0.0795. The van der Waals surface area contributed by atoms with Crippen LogP contribution in [0.15, 0.2) is 91.0 Å². The number of hydrogen-bond donors (Lipinski definition) is 0. The zero-order valence-electron chi connectivity index (χ0n) is 19.2. The van der Waals surface area contributed by atoms with E-state index in [4.69, 9.17) is 0 Å². The molecule has 0 heterocycles. The molecule has 1 aliphatic rings. The molecule has 0 aromatic heterocycles. The number of aryl methyl sites for hydroxylation is 1. The first kappa shape index (κ1) is 19.8. The van der Waals surface area contributed by atoms with Crippen molar-refractivity contribution in [3.63, 3.8) is 0 Å². The van der Waals surface area contributed by atoms with Crippen molar-refractivity contribution in [3.8, 4) is 33.4 Å². The van der Waals surface area contributed by atoms with Gasteiger partial charge in [0.1, 0.15) is 0 Å². The largest absolute Gasteiger partial charge is 0.0619 e. The van der Waals surface area contributed by atoms with Crippen LogP contribution in [-0.2, 0) is 10.8 Å². The maximum absolute atomic E-state index is 2.41. The molecular weight excluding hydrogens is 372 g/mol. The summed E-state index contributed by atoms with van der Waals surface area (Å²) in [5.41, 5.74) is 11.9. The van der Waals surface area contributed by atoms with Gasteiger partial charge in [-0.15, -0.1) is 0 Å². The van der Waals surface area contributed by atoms with Crippen LogP contribution in [0.3, 0.4) is 0 Å². The monoisotopic (exact) mass is 402 g/mol. The molecule has 154 valence electrons. The van der Waals surface area contributed by atoms with E-state index in [9.17, 15) is 0 Å². The Morgan fingerprint density at radius 2 is 0.806 bits per heavy atom. The molecule has 0 atom stereocenters. The molecule has 0 heteroatoms. The molecule has 0 radical (unpaired) electrons. The highest BCUT2D eigenvalue weighted by Gasteiger charge is 2.43. The minimum absolute atomic E-state index is 0.0778. The first-order chi connectivity index (χ1) is 14.8. The van der Waals surface area contributed by atoms with Crippen LogP contribution in [0.5, 0.6) is 0 Å². The molecule has 4 aromatic rings. The highest BCUT2D eigenvalue weighted by Crippen LogP contribution is 2.52. The van der Waals surface area contributed by atoms with E-state index in [1.807, 2.05) is 0 Å². The first-order valence-corrected chi connectivity index (χ1v) is 11.2. The van der Waals surface area contributed by atoms with E-state index in [0.29, 0.717) is 0 Å². The summed E-state index contributed by atoms with van der Waals surface area (Å²) in [6.45, 7) is 11.9. The van der Waals surface area contributed by atoms with E-state index in [1.54, 1.807) is 0 Å². The van der Waals surface area contributed by atoms with Gasteiger partial charge in [0.05, 0.1) is 0 Å². The standard InChI is InChI=1S/C31H30/c1-21-18-19-27-25-15-9-7-13-23(25)22-12-6-8-14-24(22)26-16-10-11-17-28(26)30(2,3)31(4,5)29(27)20-21/h6-20H,1-5H3. The van der Waals surface area contributed by atoms with Crippen LogP contribution >= 0.6 is 0 Å². The van der Waals surface area contributed by atoms with Gasteiger partial charge < -0.3 is 0 Å². The predicted octanol–water partition coefficient (Wildman–Crippen LogP) is 8.56. The van der Waals surface area contributed by atoms with Crippen molar-refractivity contribution in [2.24, 2.45) is 0 Å². The molecule has 0 saturated carbocycles. The lowest BCUT2D eigenvalue weighted by Gasteiger charge is -2.45. The summed E-state index contributed by atoms with van der Waals surface area (Å²) in [5.74, 6) is 0. The molecule has 4 aromatic carbocycles. The second kappa shape index (κ2) is 6.95. The van der Waals surface area contributed by atoms with E-state index < -0.39 is 0 Å². The highest BCUT2D eigenvalue weighted by atomic mass is 14.5. The molecule has 1 aliphatic carbocycles. The molecular formula is C31H30. The molecule has 0 bridgehead atoms. The molecule has 0 unspecified atom stereocenters. The molecule has 5 rings (SSSR count). The van der Waals surface area contributed by atoms with Crippen LogP contribution in [0.2, 0.25) is 0 Å².